The molecular weight excluding hydrogens is 246 g/mol. The van der Waals surface area contributed by atoms with Crippen LogP contribution in [0.25, 0.3) is 0 Å². The zero-order valence-corrected chi connectivity index (χ0v) is 11.6. The summed E-state index contributed by atoms with van der Waals surface area (Å²) < 4.78 is 11.1. The van der Waals surface area contributed by atoms with E-state index in [9.17, 15) is 0 Å². The minimum atomic E-state index is -0.624. The van der Waals surface area contributed by atoms with Crippen molar-refractivity contribution in [3.8, 4) is 0 Å². The van der Waals surface area contributed by atoms with Gasteiger partial charge in [0.2, 0.25) is 11.7 Å². The number of nitrogens with zero attached hydrogens (tertiary/aromatic N) is 2. The Balaban J connectivity index is 2.25. The maximum atomic E-state index is 9.03. The molecule has 0 spiro atoms. The van der Waals surface area contributed by atoms with E-state index in [-0.39, 0.29) is 12.5 Å². The normalized spacial score (nSPS) is 29.4. The van der Waals surface area contributed by atoms with Gasteiger partial charge in [0.1, 0.15) is 11.6 Å². The van der Waals surface area contributed by atoms with Gasteiger partial charge in [-0.3, -0.25) is 0 Å². The first kappa shape index (κ1) is 14.4. The van der Waals surface area contributed by atoms with Crippen LogP contribution in [-0.4, -0.2) is 28.5 Å². The quantitative estimate of drug-likeness (QED) is 0.841. The summed E-state index contributed by atoms with van der Waals surface area (Å²) in [6.07, 6.45) is 4.10. The summed E-state index contributed by atoms with van der Waals surface area (Å²) in [7, 11) is 0. The molecular formula is C13H23N3O3. The maximum Gasteiger partial charge on any atom is 0.246 e. The van der Waals surface area contributed by atoms with Gasteiger partial charge in [-0.15, -0.1) is 0 Å². The molecule has 0 saturated heterocycles. The first-order valence-corrected chi connectivity index (χ1v) is 6.95. The van der Waals surface area contributed by atoms with E-state index in [0.717, 1.165) is 19.3 Å². The third-order valence-corrected chi connectivity index (χ3v) is 3.74. The van der Waals surface area contributed by atoms with E-state index in [2.05, 4.69) is 17.1 Å². The molecule has 1 aromatic rings. The van der Waals surface area contributed by atoms with Crippen LogP contribution in [0.5, 0.6) is 0 Å². The van der Waals surface area contributed by atoms with Gasteiger partial charge in [-0.25, -0.2) is 0 Å². The van der Waals surface area contributed by atoms with Gasteiger partial charge in [-0.1, -0.05) is 18.5 Å². The summed E-state index contributed by atoms with van der Waals surface area (Å²) in [5, 5.41) is 13.1. The second kappa shape index (κ2) is 5.98. The molecule has 3 atom stereocenters. The van der Waals surface area contributed by atoms with Gasteiger partial charge in [0.05, 0.1) is 6.61 Å². The molecule has 1 aliphatic carbocycles. The number of hydrogen-bond acceptors (Lipinski definition) is 6. The van der Waals surface area contributed by atoms with E-state index in [1.54, 1.807) is 0 Å². The molecule has 1 aliphatic rings. The summed E-state index contributed by atoms with van der Waals surface area (Å²) in [6, 6.07) is -0.624. The fraction of sp³-hybridized carbons (Fsp3) is 0.846. The fourth-order valence-corrected chi connectivity index (χ4v) is 2.83. The molecule has 1 saturated carbocycles. The SMILES string of the molecule is CCOC1(c2noc(C(N)CO)n2)CCCC(C)C1. The Morgan fingerprint density at radius 2 is 2.42 bits per heavy atom. The van der Waals surface area contributed by atoms with Crippen molar-refractivity contribution in [2.24, 2.45) is 11.7 Å². The molecule has 0 bridgehead atoms. The first-order chi connectivity index (χ1) is 9.11. The van der Waals surface area contributed by atoms with Crippen LogP contribution in [0.15, 0.2) is 4.52 Å². The predicted octanol–water partition coefficient (Wildman–Crippen LogP) is 1.50. The Kier molecular flexibility index (Phi) is 4.54. The van der Waals surface area contributed by atoms with Crippen molar-refractivity contribution >= 4 is 0 Å². The lowest BCUT2D eigenvalue weighted by atomic mass is 9.78. The second-order valence-electron chi connectivity index (χ2n) is 5.37. The molecule has 1 aromatic heterocycles. The van der Waals surface area contributed by atoms with Gasteiger partial charge in [-0.05, 0) is 32.1 Å². The van der Waals surface area contributed by atoms with Crippen LogP contribution in [0, 0.1) is 5.92 Å². The van der Waals surface area contributed by atoms with Crippen molar-refractivity contribution in [2.45, 2.75) is 51.2 Å². The van der Waals surface area contributed by atoms with Crippen LogP contribution in [0.4, 0.5) is 0 Å². The highest BCUT2D eigenvalue weighted by Gasteiger charge is 2.41. The van der Waals surface area contributed by atoms with Crippen LogP contribution in [0.1, 0.15) is 57.3 Å². The molecule has 6 heteroatoms. The van der Waals surface area contributed by atoms with Gasteiger partial charge in [0, 0.05) is 6.61 Å². The molecule has 0 radical (unpaired) electrons. The largest absolute Gasteiger partial charge is 0.394 e. The Bertz CT molecular complexity index is 406. The summed E-state index contributed by atoms with van der Waals surface area (Å²) in [4.78, 5) is 4.34. The summed E-state index contributed by atoms with van der Waals surface area (Å²) in [6.45, 7) is 4.59. The van der Waals surface area contributed by atoms with Crippen LogP contribution >= 0.6 is 0 Å². The Morgan fingerprint density at radius 1 is 1.63 bits per heavy atom. The number of aromatic nitrogens is 2. The highest BCUT2D eigenvalue weighted by atomic mass is 16.5. The lowest BCUT2D eigenvalue weighted by Gasteiger charge is -2.37. The summed E-state index contributed by atoms with van der Waals surface area (Å²) in [5.74, 6) is 1.42. The number of rotatable bonds is 5. The summed E-state index contributed by atoms with van der Waals surface area (Å²) >= 11 is 0. The molecule has 0 amide bonds. The second-order valence-corrected chi connectivity index (χ2v) is 5.37. The number of hydrogen-bond donors (Lipinski definition) is 2. The lowest BCUT2D eigenvalue weighted by Crippen LogP contribution is -2.36. The highest BCUT2D eigenvalue weighted by Crippen LogP contribution is 2.41. The van der Waals surface area contributed by atoms with Gasteiger partial charge >= 0.3 is 0 Å². The van der Waals surface area contributed by atoms with Crippen LogP contribution in [-0.2, 0) is 10.3 Å². The number of aliphatic hydroxyl groups is 1. The van der Waals surface area contributed by atoms with E-state index in [0.29, 0.717) is 18.3 Å². The van der Waals surface area contributed by atoms with Gasteiger partial charge in [0.25, 0.3) is 0 Å². The van der Waals surface area contributed by atoms with Crippen molar-refractivity contribution < 1.29 is 14.4 Å². The molecule has 0 aliphatic heterocycles. The monoisotopic (exact) mass is 269 g/mol. The summed E-state index contributed by atoms with van der Waals surface area (Å²) in [5.41, 5.74) is 5.24. The van der Waals surface area contributed by atoms with E-state index in [1.165, 1.54) is 6.42 Å². The zero-order valence-electron chi connectivity index (χ0n) is 11.6. The molecule has 0 aromatic carbocycles. The minimum Gasteiger partial charge on any atom is -0.394 e. The third kappa shape index (κ3) is 2.96. The van der Waals surface area contributed by atoms with Crippen LogP contribution in [0.2, 0.25) is 0 Å². The standard InChI is InChI=1S/C13H23N3O3/c1-3-18-13(6-4-5-9(2)7-13)12-15-11(19-16-12)10(14)8-17/h9-10,17H,3-8,14H2,1-2H3. The van der Waals surface area contributed by atoms with Crippen molar-refractivity contribution in [1.82, 2.24) is 10.1 Å². The van der Waals surface area contributed by atoms with Gasteiger partial charge < -0.3 is 20.1 Å². The Hall–Kier alpha value is -0.980. The molecule has 1 fully saturated rings. The van der Waals surface area contributed by atoms with E-state index in [4.69, 9.17) is 20.1 Å². The van der Waals surface area contributed by atoms with Gasteiger partial charge in [0.15, 0.2) is 0 Å². The smallest absolute Gasteiger partial charge is 0.246 e. The molecule has 1 heterocycles. The fourth-order valence-electron chi connectivity index (χ4n) is 2.83. The molecule has 19 heavy (non-hydrogen) atoms. The highest BCUT2D eigenvalue weighted by molar-refractivity contribution is 5.05. The van der Waals surface area contributed by atoms with Crippen molar-refractivity contribution in [2.75, 3.05) is 13.2 Å². The minimum absolute atomic E-state index is 0.209. The Morgan fingerprint density at radius 3 is 3.05 bits per heavy atom. The van der Waals surface area contributed by atoms with Crippen molar-refractivity contribution in [3.63, 3.8) is 0 Å². The predicted molar refractivity (Wildman–Crippen MR) is 69.2 cm³/mol. The van der Waals surface area contributed by atoms with E-state index >= 15 is 0 Å². The Labute approximate surface area is 113 Å². The average molecular weight is 269 g/mol. The van der Waals surface area contributed by atoms with Crippen LogP contribution in [0.3, 0.4) is 0 Å². The molecule has 2 rings (SSSR count). The topological polar surface area (TPSA) is 94.4 Å². The maximum absolute atomic E-state index is 9.03. The molecule has 6 nitrogen and oxygen atoms in total. The third-order valence-electron chi connectivity index (χ3n) is 3.74. The van der Waals surface area contributed by atoms with E-state index in [1.807, 2.05) is 6.92 Å². The van der Waals surface area contributed by atoms with Crippen LogP contribution < -0.4 is 5.73 Å². The lowest BCUT2D eigenvalue weighted by molar-refractivity contribution is -0.0891. The first-order valence-electron chi connectivity index (χ1n) is 6.95. The number of aliphatic hydroxyl groups excluding tert-OH is 1. The zero-order chi connectivity index (χ0) is 13.9. The molecule has 3 unspecified atom stereocenters. The van der Waals surface area contributed by atoms with Crippen molar-refractivity contribution in [1.29, 1.82) is 0 Å². The molecule has 108 valence electrons. The number of ether oxygens (including phenoxy) is 1. The molecule has 3 N–H and O–H groups in total. The van der Waals surface area contributed by atoms with Gasteiger partial charge in [-0.2, -0.15) is 4.98 Å². The van der Waals surface area contributed by atoms with E-state index < -0.39 is 11.6 Å². The van der Waals surface area contributed by atoms with Crippen molar-refractivity contribution in [3.05, 3.63) is 11.7 Å². The number of nitrogens with two attached hydrogens (primary N) is 1. The average Bonchev–Trinajstić information content (AvgIpc) is 2.88.